The van der Waals surface area contributed by atoms with Crippen LogP contribution in [0, 0.1) is 0 Å². The minimum Gasteiger partial charge on any atom is -0.363 e. The molecule has 0 amide bonds. The maximum Gasteiger partial charge on any atom is 0.0572 e. The lowest BCUT2D eigenvalue weighted by molar-refractivity contribution is 0.583. The molecule has 2 heterocycles. The van der Waals surface area contributed by atoms with Gasteiger partial charge in [0, 0.05) is 17.0 Å². The van der Waals surface area contributed by atoms with Gasteiger partial charge in [-0.25, -0.2) is 0 Å². The molecule has 0 radical (unpaired) electrons. The molecule has 0 spiro atoms. The predicted molar refractivity (Wildman–Crippen MR) is 92.0 cm³/mol. The van der Waals surface area contributed by atoms with Gasteiger partial charge in [0.2, 0.25) is 0 Å². The van der Waals surface area contributed by atoms with Gasteiger partial charge in [0.1, 0.15) is 0 Å². The Bertz CT molecular complexity index is 519. The van der Waals surface area contributed by atoms with E-state index < -0.39 is 0 Å². The Morgan fingerprint density at radius 2 is 2.05 bits per heavy atom. The van der Waals surface area contributed by atoms with Gasteiger partial charge < -0.3 is 10.2 Å². The Hall–Kier alpha value is -1.39. The average molecular weight is 303 g/mol. The van der Waals surface area contributed by atoms with E-state index in [1.807, 2.05) is 6.20 Å². The van der Waals surface area contributed by atoms with E-state index in [2.05, 4.69) is 72.5 Å². The third-order valence-corrected chi connectivity index (χ3v) is 4.45. The standard InChI is InChI=1S/C17H25N3S/c1-5-18-14(4)17-9-8-15(11-19-17)20(13(2)3)12-16-7-6-10-21-16/h6-11,13-14,18H,5,12H2,1-4H3. The molecular weight excluding hydrogens is 278 g/mol. The van der Waals surface area contributed by atoms with Crippen LogP contribution in [0.3, 0.4) is 0 Å². The highest BCUT2D eigenvalue weighted by Gasteiger charge is 2.13. The number of anilines is 1. The second kappa shape index (κ2) is 7.57. The highest BCUT2D eigenvalue weighted by molar-refractivity contribution is 7.09. The van der Waals surface area contributed by atoms with Crippen molar-refractivity contribution >= 4 is 17.0 Å². The lowest BCUT2D eigenvalue weighted by atomic mass is 10.2. The molecule has 2 aromatic heterocycles. The molecule has 0 bridgehead atoms. The van der Waals surface area contributed by atoms with Crippen molar-refractivity contribution in [3.8, 4) is 0 Å². The molecule has 3 nitrogen and oxygen atoms in total. The molecule has 0 saturated carbocycles. The third kappa shape index (κ3) is 4.29. The summed E-state index contributed by atoms with van der Waals surface area (Å²) >= 11 is 1.81. The summed E-state index contributed by atoms with van der Waals surface area (Å²) in [4.78, 5) is 8.40. The van der Waals surface area contributed by atoms with Crippen molar-refractivity contribution in [1.29, 1.82) is 0 Å². The van der Waals surface area contributed by atoms with Gasteiger partial charge in [-0.3, -0.25) is 4.98 Å². The summed E-state index contributed by atoms with van der Waals surface area (Å²) in [6.45, 7) is 10.6. The minimum atomic E-state index is 0.300. The number of pyridine rings is 1. The van der Waals surface area contributed by atoms with Crippen molar-refractivity contribution < 1.29 is 0 Å². The molecule has 1 unspecified atom stereocenters. The predicted octanol–water partition coefficient (Wildman–Crippen LogP) is 4.23. The molecule has 0 saturated heterocycles. The van der Waals surface area contributed by atoms with Crippen LogP contribution in [-0.2, 0) is 6.54 Å². The number of hydrogen-bond donors (Lipinski definition) is 1. The van der Waals surface area contributed by atoms with Crippen molar-refractivity contribution in [1.82, 2.24) is 10.3 Å². The van der Waals surface area contributed by atoms with Crippen LogP contribution in [0.4, 0.5) is 5.69 Å². The summed E-state index contributed by atoms with van der Waals surface area (Å²) in [5, 5.41) is 5.53. The maximum absolute atomic E-state index is 4.63. The number of nitrogens with zero attached hydrogens (tertiary/aromatic N) is 2. The molecule has 0 aliphatic rings. The fourth-order valence-corrected chi connectivity index (χ4v) is 3.08. The number of thiophene rings is 1. The fourth-order valence-electron chi connectivity index (χ4n) is 2.38. The van der Waals surface area contributed by atoms with Crippen LogP contribution >= 0.6 is 11.3 Å². The Labute approximate surface area is 132 Å². The Balaban J connectivity index is 2.13. The summed E-state index contributed by atoms with van der Waals surface area (Å²) in [7, 11) is 0. The quantitative estimate of drug-likeness (QED) is 0.829. The second-order valence-corrected chi connectivity index (χ2v) is 6.55. The number of nitrogens with one attached hydrogen (secondary N) is 1. The molecule has 1 atom stereocenters. The van der Waals surface area contributed by atoms with Crippen molar-refractivity contribution in [3.05, 3.63) is 46.4 Å². The first kappa shape index (κ1) is 16.0. The lowest BCUT2D eigenvalue weighted by Crippen LogP contribution is -2.30. The Kier molecular flexibility index (Phi) is 5.76. The molecule has 114 valence electrons. The first-order valence-corrected chi connectivity index (χ1v) is 8.48. The molecular formula is C17H25N3S. The molecule has 0 aliphatic heterocycles. The van der Waals surface area contributed by atoms with Gasteiger partial charge in [-0.2, -0.15) is 0 Å². The molecule has 2 rings (SSSR count). The van der Waals surface area contributed by atoms with Crippen LogP contribution in [0.15, 0.2) is 35.8 Å². The van der Waals surface area contributed by atoms with Crippen molar-refractivity contribution in [2.75, 3.05) is 11.4 Å². The van der Waals surface area contributed by atoms with Gasteiger partial charge in [0.05, 0.1) is 24.1 Å². The Morgan fingerprint density at radius 3 is 2.57 bits per heavy atom. The number of rotatable bonds is 7. The highest BCUT2D eigenvalue weighted by Crippen LogP contribution is 2.22. The van der Waals surface area contributed by atoms with Crippen LogP contribution in [0.25, 0.3) is 0 Å². The molecule has 21 heavy (non-hydrogen) atoms. The van der Waals surface area contributed by atoms with Gasteiger partial charge >= 0.3 is 0 Å². The topological polar surface area (TPSA) is 28.2 Å². The van der Waals surface area contributed by atoms with Crippen molar-refractivity contribution in [2.24, 2.45) is 0 Å². The SMILES string of the molecule is CCNC(C)c1ccc(N(Cc2cccs2)C(C)C)cn1. The van der Waals surface area contributed by atoms with Gasteiger partial charge in [-0.05, 0) is 50.9 Å². The van der Waals surface area contributed by atoms with Crippen LogP contribution < -0.4 is 10.2 Å². The monoisotopic (exact) mass is 303 g/mol. The third-order valence-electron chi connectivity index (χ3n) is 3.59. The summed E-state index contributed by atoms with van der Waals surface area (Å²) in [5.74, 6) is 0. The summed E-state index contributed by atoms with van der Waals surface area (Å²) in [6.07, 6.45) is 2.00. The number of hydrogen-bond acceptors (Lipinski definition) is 4. The van der Waals surface area contributed by atoms with Gasteiger partial charge in [0.15, 0.2) is 0 Å². The Morgan fingerprint density at radius 1 is 1.24 bits per heavy atom. The van der Waals surface area contributed by atoms with E-state index in [0.717, 1.165) is 18.8 Å². The summed E-state index contributed by atoms with van der Waals surface area (Å²) in [6, 6.07) is 9.36. The van der Waals surface area contributed by atoms with Crippen LogP contribution in [0.5, 0.6) is 0 Å². The van der Waals surface area contributed by atoms with E-state index in [0.29, 0.717) is 12.1 Å². The van der Waals surface area contributed by atoms with Crippen LogP contribution in [0.2, 0.25) is 0 Å². The molecule has 0 fully saturated rings. The first-order chi connectivity index (χ1) is 10.1. The van der Waals surface area contributed by atoms with Crippen molar-refractivity contribution in [2.45, 2.75) is 46.3 Å². The van der Waals surface area contributed by atoms with Gasteiger partial charge in [-0.15, -0.1) is 11.3 Å². The minimum absolute atomic E-state index is 0.300. The van der Waals surface area contributed by atoms with Gasteiger partial charge in [0.25, 0.3) is 0 Å². The van der Waals surface area contributed by atoms with Crippen LogP contribution in [-0.4, -0.2) is 17.6 Å². The molecule has 4 heteroatoms. The van der Waals surface area contributed by atoms with E-state index in [1.54, 1.807) is 11.3 Å². The van der Waals surface area contributed by atoms with Crippen LogP contribution in [0.1, 0.15) is 44.3 Å². The summed E-state index contributed by atoms with van der Waals surface area (Å²) in [5.41, 5.74) is 2.28. The average Bonchev–Trinajstić information content (AvgIpc) is 2.98. The van der Waals surface area contributed by atoms with E-state index in [9.17, 15) is 0 Å². The lowest BCUT2D eigenvalue weighted by Gasteiger charge is -2.28. The second-order valence-electron chi connectivity index (χ2n) is 5.52. The van der Waals surface area contributed by atoms with E-state index in [4.69, 9.17) is 0 Å². The normalized spacial score (nSPS) is 12.6. The molecule has 2 aromatic rings. The van der Waals surface area contributed by atoms with E-state index in [1.165, 1.54) is 10.6 Å². The molecule has 0 aromatic carbocycles. The zero-order valence-corrected chi connectivity index (χ0v) is 14.2. The fraction of sp³-hybridized carbons (Fsp3) is 0.471. The zero-order valence-electron chi connectivity index (χ0n) is 13.3. The van der Waals surface area contributed by atoms with Gasteiger partial charge in [-0.1, -0.05) is 13.0 Å². The smallest absolute Gasteiger partial charge is 0.0572 e. The van der Waals surface area contributed by atoms with E-state index in [-0.39, 0.29) is 0 Å². The summed E-state index contributed by atoms with van der Waals surface area (Å²) < 4.78 is 0. The largest absolute Gasteiger partial charge is 0.363 e. The first-order valence-electron chi connectivity index (χ1n) is 7.60. The number of aromatic nitrogens is 1. The van der Waals surface area contributed by atoms with E-state index >= 15 is 0 Å². The maximum atomic E-state index is 4.63. The highest BCUT2D eigenvalue weighted by atomic mass is 32.1. The molecule has 0 aliphatic carbocycles. The van der Waals surface area contributed by atoms with Crippen molar-refractivity contribution in [3.63, 3.8) is 0 Å². The molecule has 1 N–H and O–H groups in total. The zero-order chi connectivity index (χ0) is 15.2.